The van der Waals surface area contributed by atoms with Gasteiger partial charge in [0.2, 0.25) is 10.0 Å². The van der Waals surface area contributed by atoms with E-state index in [-0.39, 0.29) is 22.9 Å². The lowest BCUT2D eigenvalue weighted by molar-refractivity contribution is 0.0737. The minimum Gasteiger partial charge on any atom is -0.331 e. The molecule has 2 fully saturated rings. The molecule has 1 saturated heterocycles. The van der Waals surface area contributed by atoms with Gasteiger partial charge in [0.15, 0.2) is 0 Å². The van der Waals surface area contributed by atoms with Crippen molar-refractivity contribution in [3.8, 4) is 0 Å². The van der Waals surface area contributed by atoms with E-state index in [9.17, 15) is 13.2 Å². The smallest absolute Gasteiger partial charge is 0.254 e. The Kier molecular flexibility index (Phi) is 6.08. The van der Waals surface area contributed by atoms with Crippen LogP contribution >= 0.6 is 11.3 Å². The van der Waals surface area contributed by atoms with Crippen LogP contribution in [0.15, 0.2) is 46.7 Å². The molecule has 1 aliphatic heterocycles. The first-order valence-electron chi connectivity index (χ1n) is 10.4. The molecule has 0 bridgehead atoms. The summed E-state index contributed by atoms with van der Waals surface area (Å²) >= 11 is 1.68. The number of carbonyl (C=O) groups excluding carboxylic acids is 1. The summed E-state index contributed by atoms with van der Waals surface area (Å²) < 4.78 is 27.5. The van der Waals surface area contributed by atoms with Crippen molar-refractivity contribution in [3.63, 3.8) is 0 Å². The molecule has 29 heavy (non-hydrogen) atoms. The number of hydrogen-bond donors (Lipinski definition) is 0. The fourth-order valence-corrected chi connectivity index (χ4v) is 6.82. The van der Waals surface area contributed by atoms with Gasteiger partial charge < -0.3 is 4.90 Å². The average molecular weight is 433 g/mol. The standard InChI is InChI=1S/C22H28N2O3S2/c1-23(18-7-3-2-4-8-18)29(26,27)19-13-11-17(12-14-19)22(25)24-15-5-9-20(24)21-10-6-16-28-21/h6,10-14,16,18,20H,2-5,7-9,15H2,1H3. The van der Waals surface area contributed by atoms with Gasteiger partial charge in [-0.15, -0.1) is 11.3 Å². The van der Waals surface area contributed by atoms with E-state index in [1.807, 2.05) is 16.3 Å². The van der Waals surface area contributed by atoms with Gasteiger partial charge in [0, 0.05) is 30.1 Å². The highest BCUT2D eigenvalue weighted by Gasteiger charge is 2.32. The van der Waals surface area contributed by atoms with Gasteiger partial charge in [0.05, 0.1) is 10.9 Å². The number of likely N-dealkylation sites (tertiary alicyclic amines) is 1. The maximum atomic E-state index is 13.1. The molecule has 1 atom stereocenters. The summed E-state index contributed by atoms with van der Waals surface area (Å²) in [6.07, 6.45) is 7.16. The van der Waals surface area contributed by atoms with Crippen molar-refractivity contribution < 1.29 is 13.2 Å². The van der Waals surface area contributed by atoms with E-state index in [4.69, 9.17) is 0 Å². The summed E-state index contributed by atoms with van der Waals surface area (Å²) in [5.74, 6) is -0.0227. The zero-order valence-corrected chi connectivity index (χ0v) is 18.4. The van der Waals surface area contributed by atoms with E-state index in [2.05, 4.69) is 6.07 Å². The zero-order chi connectivity index (χ0) is 20.4. The van der Waals surface area contributed by atoms with E-state index in [1.54, 1.807) is 42.6 Å². The lowest BCUT2D eigenvalue weighted by Gasteiger charge is -2.30. The lowest BCUT2D eigenvalue weighted by Crippen LogP contribution is -2.38. The number of thiophene rings is 1. The second-order valence-corrected chi connectivity index (χ2v) is 11.0. The highest BCUT2D eigenvalue weighted by Crippen LogP contribution is 2.35. The van der Waals surface area contributed by atoms with Crippen LogP contribution in [0.3, 0.4) is 0 Å². The van der Waals surface area contributed by atoms with E-state index < -0.39 is 10.0 Å². The van der Waals surface area contributed by atoms with E-state index >= 15 is 0 Å². The van der Waals surface area contributed by atoms with Crippen LogP contribution in [-0.4, -0.2) is 43.2 Å². The molecule has 156 valence electrons. The third-order valence-electron chi connectivity index (χ3n) is 6.25. The lowest BCUT2D eigenvalue weighted by atomic mass is 9.96. The molecule has 4 rings (SSSR count). The molecule has 0 spiro atoms. The minimum atomic E-state index is -3.54. The Bertz CT molecular complexity index is 933. The molecule has 2 heterocycles. The molecule has 1 aliphatic carbocycles. The first kappa shape index (κ1) is 20.6. The number of benzene rings is 1. The van der Waals surface area contributed by atoms with Gasteiger partial charge >= 0.3 is 0 Å². The minimum absolute atomic E-state index is 0.0227. The van der Waals surface area contributed by atoms with Gasteiger partial charge in [-0.05, 0) is 61.4 Å². The van der Waals surface area contributed by atoms with Crippen molar-refractivity contribution >= 4 is 27.3 Å². The highest BCUT2D eigenvalue weighted by atomic mass is 32.2. The normalized spacial score (nSPS) is 21.0. The van der Waals surface area contributed by atoms with E-state index in [1.165, 1.54) is 15.6 Å². The second kappa shape index (κ2) is 8.58. The third-order valence-corrected chi connectivity index (χ3v) is 9.15. The van der Waals surface area contributed by atoms with Crippen LogP contribution in [-0.2, 0) is 10.0 Å². The molecule has 1 aromatic carbocycles. The van der Waals surface area contributed by atoms with Gasteiger partial charge in [-0.1, -0.05) is 25.3 Å². The number of sulfonamides is 1. The Morgan fingerprint density at radius 3 is 2.41 bits per heavy atom. The van der Waals surface area contributed by atoms with Crippen molar-refractivity contribution in [2.75, 3.05) is 13.6 Å². The largest absolute Gasteiger partial charge is 0.331 e. The molecule has 1 unspecified atom stereocenters. The molecule has 1 saturated carbocycles. The number of nitrogens with zero attached hydrogens (tertiary/aromatic N) is 2. The molecular weight excluding hydrogens is 404 g/mol. The molecule has 2 aliphatic rings. The first-order valence-corrected chi connectivity index (χ1v) is 12.7. The third kappa shape index (κ3) is 4.13. The summed E-state index contributed by atoms with van der Waals surface area (Å²) in [5, 5.41) is 2.04. The highest BCUT2D eigenvalue weighted by molar-refractivity contribution is 7.89. The van der Waals surface area contributed by atoms with Crippen molar-refractivity contribution in [1.29, 1.82) is 0 Å². The maximum absolute atomic E-state index is 13.1. The fraction of sp³-hybridized carbons (Fsp3) is 0.500. The molecule has 1 aromatic heterocycles. The second-order valence-electron chi connectivity index (χ2n) is 8.01. The van der Waals surface area contributed by atoms with Crippen molar-refractivity contribution in [3.05, 3.63) is 52.2 Å². The van der Waals surface area contributed by atoms with E-state index in [0.717, 1.165) is 45.1 Å². The summed E-state index contributed by atoms with van der Waals surface area (Å²) in [6, 6.07) is 10.8. The first-order chi connectivity index (χ1) is 14.0. The average Bonchev–Trinajstić information content (AvgIpc) is 3.45. The predicted octanol–water partition coefficient (Wildman–Crippen LogP) is 4.68. The van der Waals surface area contributed by atoms with Gasteiger partial charge in [-0.3, -0.25) is 4.79 Å². The van der Waals surface area contributed by atoms with Crippen LogP contribution in [0, 0.1) is 0 Å². The van der Waals surface area contributed by atoms with Gasteiger partial charge in [0.25, 0.3) is 5.91 Å². The van der Waals surface area contributed by atoms with Gasteiger partial charge in [-0.2, -0.15) is 4.31 Å². The number of hydrogen-bond acceptors (Lipinski definition) is 4. The number of carbonyl (C=O) groups is 1. The van der Waals surface area contributed by atoms with Crippen LogP contribution in [0.1, 0.15) is 66.2 Å². The van der Waals surface area contributed by atoms with Crippen molar-refractivity contribution in [1.82, 2.24) is 9.21 Å². The summed E-state index contributed by atoms with van der Waals surface area (Å²) in [7, 11) is -1.86. The molecule has 0 radical (unpaired) electrons. The molecule has 0 N–H and O–H groups in total. The molecule has 1 amide bonds. The summed E-state index contributed by atoms with van der Waals surface area (Å²) in [6.45, 7) is 0.742. The Hall–Kier alpha value is -1.70. The molecule has 7 heteroatoms. The Balaban J connectivity index is 1.50. The maximum Gasteiger partial charge on any atom is 0.254 e. The van der Waals surface area contributed by atoms with Crippen LogP contribution < -0.4 is 0 Å². The van der Waals surface area contributed by atoms with Crippen LogP contribution in [0.25, 0.3) is 0 Å². The SMILES string of the molecule is CN(C1CCCCC1)S(=O)(=O)c1ccc(C(=O)N2CCCC2c2cccs2)cc1. The summed E-state index contributed by atoms with van der Waals surface area (Å²) in [5.41, 5.74) is 0.549. The zero-order valence-electron chi connectivity index (χ0n) is 16.8. The quantitative estimate of drug-likeness (QED) is 0.689. The van der Waals surface area contributed by atoms with Gasteiger partial charge in [0.1, 0.15) is 0 Å². The van der Waals surface area contributed by atoms with Crippen LogP contribution in [0.5, 0.6) is 0 Å². The van der Waals surface area contributed by atoms with Crippen LogP contribution in [0.4, 0.5) is 0 Å². The Morgan fingerprint density at radius 1 is 1.03 bits per heavy atom. The topological polar surface area (TPSA) is 57.7 Å². The Morgan fingerprint density at radius 2 is 1.76 bits per heavy atom. The monoisotopic (exact) mass is 432 g/mol. The fourth-order valence-electron chi connectivity index (χ4n) is 4.53. The van der Waals surface area contributed by atoms with E-state index in [0.29, 0.717) is 5.56 Å². The van der Waals surface area contributed by atoms with Crippen molar-refractivity contribution in [2.45, 2.75) is 61.9 Å². The molecule has 2 aromatic rings. The predicted molar refractivity (Wildman–Crippen MR) is 116 cm³/mol. The van der Waals surface area contributed by atoms with Gasteiger partial charge in [-0.25, -0.2) is 8.42 Å². The number of rotatable bonds is 5. The summed E-state index contributed by atoms with van der Waals surface area (Å²) in [4.78, 5) is 16.5. The van der Waals surface area contributed by atoms with Crippen LogP contribution in [0.2, 0.25) is 0 Å². The number of amides is 1. The molecule has 5 nitrogen and oxygen atoms in total. The van der Waals surface area contributed by atoms with Crippen molar-refractivity contribution in [2.24, 2.45) is 0 Å². The Labute approximate surface area is 177 Å². The molecular formula is C22H28N2O3S2.